The predicted molar refractivity (Wildman–Crippen MR) is 137 cm³/mol. The van der Waals surface area contributed by atoms with Crippen molar-refractivity contribution in [2.24, 2.45) is 13.0 Å². The molecule has 0 spiro atoms. The molecule has 1 saturated heterocycles. The number of ether oxygens (including phenoxy) is 1. The minimum absolute atomic E-state index is 0.186. The molecule has 1 aromatic heterocycles. The first kappa shape index (κ1) is 23.7. The number of sulfonamides is 1. The number of carbonyl (C=O) groups excluding carboxylic acids is 1. The number of amides is 1. The zero-order chi connectivity index (χ0) is 24.6. The molecule has 8 heteroatoms. The predicted octanol–water partition coefficient (Wildman–Crippen LogP) is 4.88. The van der Waals surface area contributed by atoms with Gasteiger partial charge in [0.1, 0.15) is 5.75 Å². The van der Waals surface area contributed by atoms with Gasteiger partial charge in [0.15, 0.2) is 0 Å². The molecule has 0 bridgehead atoms. The Hall–Kier alpha value is -3.00. The highest BCUT2D eigenvalue weighted by molar-refractivity contribution is 7.92. The number of anilines is 1. The van der Waals surface area contributed by atoms with Gasteiger partial charge in [-0.05, 0) is 79.6 Å². The maximum Gasteiger partial charge on any atom is 0.261 e. The van der Waals surface area contributed by atoms with Crippen molar-refractivity contribution in [3.63, 3.8) is 0 Å². The first-order valence-corrected chi connectivity index (χ1v) is 13.9. The zero-order valence-corrected chi connectivity index (χ0v) is 21.2. The summed E-state index contributed by atoms with van der Waals surface area (Å²) in [6.45, 7) is 1.58. The van der Waals surface area contributed by atoms with Crippen molar-refractivity contribution >= 4 is 32.5 Å². The van der Waals surface area contributed by atoms with Crippen molar-refractivity contribution in [3.05, 3.63) is 54.2 Å². The van der Waals surface area contributed by atoms with Crippen LogP contribution in [0.4, 0.5) is 5.69 Å². The second-order valence-electron chi connectivity index (χ2n) is 9.79. The number of fused-ring (bicyclic) bond motifs is 1. The Morgan fingerprint density at radius 1 is 1.00 bits per heavy atom. The molecular formula is C27H33N3O4S. The molecular weight excluding hydrogens is 462 g/mol. The Kier molecular flexibility index (Phi) is 6.49. The van der Waals surface area contributed by atoms with Crippen LogP contribution in [0.15, 0.2) is 53.6 Å². The number of benzene rings is 2. The summed E-state index contributed by atoms with van der Waals surface area (Å²) in [4.78, 5) is 15.1. The molecule has 0 atom stereocenters. The highest BCUT2D eigenvalue weighted by Crippen LogP contribution is 2.37. The van der Waals surface area contributed by atoms with E-state index in [1.54, 1.807) is 25.3 Å². The average Bonchev–Trinajstić information content (AvgIpc) is 3.52. The molecule has 1 aliphatic heterocycles. The van der Waals surface area contributed by atoms with Gasteiger partial charge in [0.25, 0.3) is 10.0 Å². The number of methoxy groups -OCH3 is 1. The second-order valence-corrected chi connectivity index (χ2v) is 11.5. The quantitative estimate of drug-likeness (QED) is 0.528. The molecule has 2 aromatic carbocycles. The molecule has 0 unspecified atom stereocenters. The lowest BCUT2D eigenvalue weighted by molar-refractivity contribution is -0.136. The summed E-state index contributed by atoms with van der Waals surface area (Å²) in [5, 5.41) is 1.06. The molecule has 3 aromatic rings. The molecule has 1 N–H and O–H groups in total. The van der Waals surface area contributed by atoms with Gasteiger partial charge < -0.3 is 14.2 Å². The third-order valence-corrected chi connectivity index (χ3v) is 8.99. The molecule has 35 heavy (non-hydrogen) atoms. The third kappa shape index (κ3) is 4.76. The third-order valence-electron chi connectivity index (χ3n) is 7.59. The summed E-state index contributed by atoms with van der Waals surface area (Å²) in [6, 6.07) is 12.0. The van der Waals surface area contributed by atoms with Gasteiger partial charge in [-0.15, -0.1) is 0 Å². The first-order valence-electron chi connectivity index (χ1n) is 12.4. The number of hydrogen-bond donors (Lipinski definition) is 1. The number of nitrogens with zero attached hydrogens (tertiary/aromatic N) is 2. The smallest absolute Gasteiger partial charge is 0.261 e. The molecule has 2 aliphatic rings. The fourth-order valence-electron chi connectivity index (χ4n) is 5.62. The van der Waals surface area contributed by atoms with Gasteiger partial charge >= 0.3 is 0 Å². The number of rotatable bonds is 6. The summed E-state index contributed by atoms with van der Waals surface area (Å²) >= 11 is 0. The Balaban J connectivity index is 1.34. The van der Waals surface area contributed by atoms with Crippen molar-refractivity contribution in [2.45, 2.75) is 49.3 Å². The Morgan fingerprint density at radius 3 is 2.34 bits per heavy atom. The summed E-state index contributed by atoms with van der Waals surface area (Å²) < 4.78 is 35.8. The van der Waals surface area contributed by atoms with Crippen LogP contribution in [0.25, 0.3) is 10.9 Å². The molecule has 7 nitrogen and oxygen atoms in total. The van der Waals surface area contributed by atoms with Crippen molar-refractivity contribution in [1.29, 1.82) is 0 Å². The molecule has 2 heterocycles. The number of nitrogens with one attached hydrogen (secondary N) is 1. The van der Waals surface area contributed by atoms with Crippen molar-refractivity contribution in [3.8, 4) is 5.75 Å². The normalized spacial score (nSPS) is 17.7. The zero-order valence-electron chi connectivity index (χ0n) is 20.4. The van der Waals surface area contributed by atoms with Crippen LogP contribution in [0, 0.1) is 5.92 Å². The Morgan fingerprint density at radius 2 is 1.69 bits per heavy atom. The standard InChI is InChI=1S/C27H33N3O4S/c1-29-18-25(19-13-15-30(16-14-19)27(31)20-5-3-4-6-20)24-17-21(7-12-26(24)29)28-35(32,33)23-10-8-22(34-2)9-11-23/h7-12,17-20,28H,3-6,13-16H2,1-2H3. The van der Waals surface area contributed by atoms with Gasteiger partial charge in [-0.1, -0.05) is 12.8 Å². The number of piperidine rings is 1. The van der Waals surface area contributed by atoms with Crippen molar-refractivity contribution in [2.75, 3.05) is 24.9 Å². The number of aromatic nitrogens is 1. The maximum absolute atomic E-state index is 12.9. The summed E-state index contributed by atoms with van der Waals surface area (Å²) in [7, 11) is -0.152. The Bertz CT molecular complexity index is 1320. The summed E-state index contributed by atoms with van der Waals surface area (Å²) in [6.07, 6.45) is 8.44. The fourth-order valence-corrected chi connectivity index (χ4v) is 6.67. The monoisotopic (exact) mass is 495 g/mol. The molecule has 2 fully saturated rings. The highest BCUT2D eigenvalue weighted by atomic mass is 32.2. The van der Waals surface area contributed by atoms with E-state index in [0.717, 1.165) is 49.7 Å². The van der Waals surface area contributed by atoms with Crippen LogP contribution < -0.4 is 9.46 Å². The van der Waals surface area contributed by atoms with Gasteiger partial charge in [-0.25, -0.2) is 8.42 Å². The van der Waals surface area contributed by atoms with E-state index in [4.69, 9.17) is 4.74 Å². The minimum Gasteiger partial charge on any atom is -0.497 e. The largest absolute Gasteiger partial charge is 0.497 e. The number of carbonyl (C=O) groups is 1. The van der Waals surface area contributed by atoms with Crippen LogP contribution >= 0.6 is 0 Å². The topological polar surface area (TPSA) is 80.6 Å². The van der Waals surface area contributed by atoms with E-state index in [0.29, 0.717) is 23.3 Å². The van der Waals surface area contributed by atoms with Gasteiger partial charge in [0, 0.05) is 48.8 Å². The SMILES string of the molecule is COc1ccc(S(=O)(=O)Nc2ccc3c(c2)c(C2CCN(C(=O)C4CCCC4)CC2)cn3C)cc1. The number of likely N-dealkylation sites (tertiary alicyclic amines) is 1. The number of hydrogen-bond acceptors (Lipinski definition) is 4. The number of aryl methyl sites for hydroxylation is 1. The van der Waals surface area contributed by atoms with Gasteiger partial charge in [-0.3, -0.25) is 9.52 Å². The molecule has 1 aliphatic carbocycles. The van der Waals surface area contributed by atoms with E-state index in [1.807, 2.05) is 19.2 Å². The maximum atomic E-state index is 12.9. The van der Waals surface area contributed by atoms with Crippen LogP contribution in [-0.2, 0) is 21.9 Å². The van der Waals surface area contributed by atoms with Gasteiger partial charge in [0.05, 0.1) is 12.0 Å². The van der Waals surface area contributed by atoms with Gasteiger partial charge in [0.2, 0.25) is 5.91 Å². The van der Waals surface area contributed by atoms with Crippen LogP contribution in [-0.4, -0.2) is 44.0 Å². The first-order chi connectivity index (χ1) is 16.9. The lowest BCUT2D eigenvalue weighted by Crippen LogP contribution is -2.40. The second kappa shape index (κ2) is 9.57. The van der Waals surface area contributed by atoms with Crippen LogP contribution in [0.1, 0.15) is 50.0 Å². The van der Waals surface area contributed by atoms with Crippen molar-refractivity contribution in [1.82, 2.24) is 9.47 Å². The summed E-state index contributed by atoms with van der Waals surface area (Å²) in [5.74, 6) is 1.52. The molecule has 1 saturated carbocycles. The lowest BCUT2D eigenvalue weighted by Gasteiger charge is -2.33. The van der Waals surface area contributed by atoms with Crippen LogP contribution in [0.3, 0.4) is 0 Å². The highest BCUT2D eigenvalue weighted by Gasteiger charge is 2.31. The van der Waals surface area contributed by atoms with Gasteiger partial charge in [-0.2, -0.15) is 0 Å². The van der Waals surface area contributed by atoms with E-state index >= 15 is 0 Å². The van der Waals surface area contributed by atoms with E-state index < -0.39 is 10.0 Å². The van der Waals surface area contributed by atoms with Crippen LogP contribution in [0.5, 0.6) is 5.75 Å². The molecule has 5 rings (SSSR count). The minimum atomic E-state index is -3.72. The van der Waals surface area contributed by atoms with Crippen molar-refractivity contribution < 1.29 is 17.9 Å². The van der Waals surface area contributed by atoms with E-state index in [1.165, 1.54) is 30.5 Å². The molecule has 0 radical (unpaired) electrons. The van der Waals surface area contributed by atoms with Crippen LogP contribution in [0.2, 0.25) is 0 Å². The average molecular weight is 496 g/mol. The van der Waals surface area contributed by atoms with E-state index in [9.17, 15) is 13.2 Å². The summed E-state index contributed by atoms with van der Waals surface area (Å²) in [5.41, 5.74) is 2.83. The molecule has 1 amide bonds. The van der Waals surface area contributed by atoms with E-state index in [2.05, 4.69) is 20.4 Å². The Labute approximate surface area is 207 Å². The molecule has 186 valence electrons. The van der Waals surface area contributed by atoms with E-state index in [-0.39, 0.29) is 10.8 Å². The lowest BCUT2D eigenvalue weighted by atomic mass is 9.88. The fraction of sp³-hybridized carbons (Fsp3) is 0.444.